The third-order valence-corrected chi connectivity index (χ3v) is 4.96. The van der Waals surface area contributed by atoms with Gasteiger partial charge in [-0.2, -0.15) is 0 Å². The van der Waals surface area contributed by atoms with Gasteiger partial charge in [0.15, 0.2) is 10.2 Å². The molecule has 0 aliphatic carbocycles. The summed E-state index contributed by atoms with van der Waals surface area (Å²) in [6.45, 7) is 3.02. The second-order valence-electron chi connectivity index (χ2n) is 6.05. The van der Waals surface area contributed by atoms with Crippen LogP contribution < -0.4 is 16.0 Å². The van der Waals surface area contributed by atoms with E-state index in [4.69, 9.17) is 12.2 Å². The number of anilines is 2. The minimum Gasteiger partial charge on any atom is -0.326 e. The molecule has 0 fully saturated rings. The fourth-order valence-electron chi connectivity index (χ4n) is 2.51. The number of carbonyl (C=O) groups is 2. The summed E-state index contributed by atoms with van der Waals surface area (Å²) in [7, 11) is 0. The second-order valence-corrected chi connectivity index (χ2v) is 7.49. The van der Waals surface area contributed by atoms with Crippen molar-refractivity contribution in [3.05, 3.63) is 57.6 Å². The van der Waals surface area contributed by atoms with Gasteiger partial charge in [0.1, 0.15) is 0 Å². The molecule has 0 radical (unpaired) electrons. The lowest BCUT2D eigenvalue weighted by Crippen LogP contribution is -2.34. The Kier molecular flexibility index (Phi) is 5.80. The maximum Gasteiger partial charge on any atom is 0.273 e. The molecule has 1 heterocycles. The highest BCUT2D eigenvalue weighted by Gasteiger charge is 2.16. The zero-order valence-corrected chi connectivity index (χ0v) is 16.9. The van der Waals surface area contributed by atoms with Gasteiger partial charge >= 0.3 is 0 Å². The van der Waals surface area contributed by atoms with Crippen LogP contribution in [0.15, 0.2) is 36.4 Å². The largest absolute Gasteiger partial charge is 0.326 e. The van der Waals surface area contributed by atoms with Crippen molar-refractivity contribution < 1.29 is 14.5 Å². The fraction of sp³-hybridized carbons (Fsp3) is 0.111. The number of nitrogens with zero attached hydrogens (tertiary/aromatic N) is 2. The number of rotatable bonds is 4. The molecular weight excluding hydrogens is 414 g/mol. The first-order valence-electron chi connectivity index (χ1n) is 8.28. The SMILES string of the molecule is CC(=O)Nc1ccc2nc(NC(=S)NC(=O)c3ccc(C)c([N+](=O)[O-])c3)sc2c1. The number of thiocarbonyl (C=S) groups is 1. The van der Waals surface area contributed by atoms with E-state index in [2.05, 4.69) is 20.9 Å². The average Bonchev–Trinajstić information content (AvgIpc) is 3.02. The van der Waals surface area contributed by atoms with E-state index >= 15 is 0 Å². The quantitative estimate of drug-likeness (QED) is 0.329. The van der Waals surface area contributed by atoms with Crippen molar-refractivity contribution >= 4 is 67.2 Å². The number of amides is 2. The van der Waals surface area contributed by atoms with Gasteiger partial charge in [-0.15, -0.1) is 0 Å². The molecule has 3 rings (SSSR count). The molecule has 0 saturated heterocycles. The van der Waals surface area contributed by atoms with Gasteiger partial charge < -0.3 is 10.6 Å². The Morgan fingerprint density at radius 3 is 2.62 bits per heavy atom. The van der Waals surface area contributed by atoms with Crippen LogP contribution in [-0.4, -0.2) is 26.8 Å². The molecule has 2 amide bonds. The fourth-order valence-corrected chi connectivity index (χ4v) is 3.67. The molecule has 9 nitrogen and oxygen atoms in total. The third-order valence-electron chi connectivity index (χ3n) is 3.82. The van der Waals surface area contributed by atoms with Crippen molar-refractivity contribution in [1.29, 1.82) is 0 Å². The Balaban J connectivity index is 1.70. The summed E-state index contributed by atoms with van der Waals surface area (Å²) in [5.41, 5.74) is 1.79. The predicted octanol–water partition coefficient (Wildman–Crippen LogP) is 3.60. The molecule has 0 spiro atoms. The van der Waals surface area contributed by atoms with Gasteiger partial charge in [-0.25, -0.2) is 4.98 Å². The zero-order valence-electron chi connectivity index (χ0n) is 15.3. The number of carbonyl (C=O) groups excluding carboxylic acids is 2. The van der Waals surface area contributed by atoms with Gasteiger partial charge in [-0.1, -0.05) is 17.4 Å². The lowest BCUT2D eigenvalue weighted by Gasteiger charge is -2.07. The molecule has 3 aromatic rings. The molecule has 11 heteroatoms. The van der Waals surface area contributed by atoms with Gasteiger partial charge in [0.25, 0.3) is 11.6 Å². The van der Waals surface area contributed by atoms with Crippen LogP contribution in [0.1, 0.15) is 22.8 Å². The second kappa shape index (κ2) is 8.29. The number of hydrogen-bond acceptors (Lipinski definition) is 7. The third kappa shape index (κ3) is 4.89. The van der Waals surface area contributed by atoms with Gasteiger partial charge in [0.2, 0.25) is 5.91 Å². The Morgan fingerprint density at radius 1 is 1.17 bits per heavy atom. The van der Waals surface area contributed by atoms with Crippen molar-refractivity contribution in [3.8, 4) is 0 Å². The van der Waals surface area contributed by atoms with E-state index in [0.29, 0.717) is 21.9 Å². The smallest absolute Gasteiger partial charge is 0.273 e. The maximum absolute atomic E-state index is 12.3. The molecule has 0 bridgehead atoms. The van der Waals surface area contributed by atoms with Gasteiger partial charge in [-0.05, 0) is 43.4 Å². The number of fused-ring (bicyclic) bond motifs is 1. The van der Waals surface area contributed by atoms with Crippen LogP contribution >= 0.6 is 23.6 Å². The van der Waals surface area contributed by atoms with E-state index in [9.17, 15) is 19.7 Å². The minimum atomic E-state index is -0.570. The van der Waals surface area contributed by atoms with Crippen LogP contribution in [0.5, 0.6) is 0 Å². The van der Waals surface area contributed by atoms with Crippen LogP contribution in [0.25, 0.3) is 10.2 Å². The van der Waals surface area contributed by atoms with Crippen molar-refractivity contribution in [1.82, 2.24) is 10.3 Å². The molecule has 0 unspecified atom stereocenters. The first-order chi connectivity index (χ1) is 13.7. The number of aryl methyl sites for hydroxylation is 1. The highest BCUT2D eigenvalue weighted by atomic mass is 32.1. The van der Waals surface area contributed by atoms with Crippen LogP contribution in [0, 0.1) is 17.0 Å². The van der Waals surface area contributed by atoms with E-state index in [1.165, 1.54) is 36.5 Å². The molecule has 1 aromatic heterocycles. The molecule has 29 heavy (non-hydrogen) atoms. The lowest BCUT2D eigenvalue weighted by atomic mass is 10.1. The number of thiazole rings is 1. The lowest BCUT2D eigenvalue weighted by molar-refractivity contribution is -0.385. The number of nitro groups is 1. The topological polar surface area (TPSA) is 126 Å². The number of benzene rings is 2. The molecular formula is C18H15N5O4S2. The zero-order chi connectivity index (χ0) is 21.1. The molecule has 3 N–H and O–H groups in total. The van der Waals surface area contributed by atoms with E-state index in [1.807, 2.05) is 0 Å². The van der Waals surface area contributed by atoms with Gasteiger partial charge in [-0.3, -0.25) is 25.0 Å². The van der Waals surface area contributed by atoms with Crippen molar-refractivity contribution in [3.63, 3.8) is 0 Å². The number of hydrogen-bond donors (Lipinski definition) is 3. The van der Waals surface area contributed by atoms with Crippen LogP contribution in [0.3, 0.4) is 0 Å². The summed E-state index contributed by atoms with van der Waals surface area (Å²) in [5, 5.41) is 19.5. The van der Waals surface area contributed by atoms with E-state index in [-0.39, 0.29) is 22.3 Å². The molecule has 0 atom stereocenters. The molecule has 148 valence electrons. The van der Waals surface area contributed by atoms with E-state index in [1.54, 1.807) is 25.1 Å². The summed E-state index contributed by atoms with van der Waals surface area (Å²) in [6, 6.07) is 9.47. The summed E-state index contributed by atoms with van der Waals surface area (Å²) >= 11 is 6.44. The molecule has 0 saturated carbocycles. The Morgan fingerprint density at radius 2 is 1.93 bits per heavy atom. The monoisotopic (exact) mass is 429 g/mol. The predicted molar refractivity (Wildman–Crippen MR) is 115 cm³/mol. The highest BCUT2D eigenvalue weighted by molar-refractivity contribution is 7.80. The van der Waals surface area contributed by atoms with Crippen LogP contribution in [0.2, 0.25) is 0 Å². The summed E-state index contributed by atoms with van der Waals surface area (Å²) < 4.78 is 0.821. The van der Waals surface area contributed by atoms with Crippen LogP contribution in [-0.2, 0) is 4.79 Å². The maximum atomic E-state index is 12.3. The van der Waals surface area contributed by atoms with E-state index < -0.39 is 10.8 Å². The summed E-state index contributed by atoms with van der Waals surface area (Å²) in [4.78, 5) is 38.4. The highest BCUT2D eigenvalue weighted by Crippen LogP contribution is 2.28. The Labute approximate surface area is 174 Å². The first-order valence-corrected chi connectivity index (χ1v) is 9.51. The van der Waals surface area contributed by atoms with Crippen molar-refractivity contribution in [2.75, 3.05) is 10.6 Å². The minimum absolute atomic E-state index is 0.0133. The summed E-state index contributed by atoms with van der Waals surface area (Å²) in [6.07, 6.45) is 0. The Bertz CT molecular complexity index is 1160. The van der Waals surface area contributed by atoms with Gasteiger partial charge in [0.05, 0.1) is 15.1 Å². The number of nitro benzene ring substituents is 1. The standard InChI is InChI=1S/C18H15N5O4S2/c1-9-3-4-11(7-14(9)23(26)27)16(25)21-17(28)22-18-20-13-6-5-12(19-10(2)24)8-15(13)29-18/h3-8H,1-2H3,(H,19,24)(H2,20,21,22,25,28). The molecule has 0 aliphatic heterocycles. The molecule has 0 aliphatic rings. The Hall–Kier alpha value is -3.44. The number of nitrogens with one attached hydrogen (secondary N) is 3. The number of aromatic nitrogens is 1. The van der Waals surface area contributed by atoms with Crippen molar-refractivity contribution in [2.45, 2.75) is 13.8 Å². The average molecular weight is 429 g/mol. The summed E-state index contributed by atoms with van der Waals surface area (Å²) in [5.74, 6) is -0.743. The van der Waals surface area contributed by atoms with Gasteiger partial charge in [0, 0.05) is 29.8 Å². The molecule has 2 aromatic carbocycles. The van der Waals surface area contributed by atoms with Crippen molar-refractivity contribution in [2.24, 2.45) is 0 Å². The normalized spacial score (nSPS) is 10.4. The first kappa shape index (κ1) is 20.3. The van der Waals surface area contributed by atoms with Crippen LogP contribution in [0.4, 0.5) is 16.5 Å². The van der Waals surface area contributed by atoms with E-state index in [0.717, 1.165) is 4.70 Å².